The van der Waals surface area contributed by atoms with Crippen molar-refractivity contribution < 1.29 is 4.79 Å². The third-order valence-electron chi connectivity index (χ3n) is 3.56. The van der Waals surface area contributed by atoms with Crippen molar-refractivity contribution in [1.82, 2.24) is 15.5 Å². The minimum atomic E-state index is -0.269. The first-order valence-corrected chi connectivity index (χ1v) is 7.14. The zero-order valence-corrected chi connectivity index (χ0v) is 12.3. The van der Waals surface area contributed by atoms with Crippen LogP contribution in [-0.4, -0.2) is 49.6 Å². The highest BCUT2D eigenvalue weighted by Gasteiger charge is 2.28. The molecule has 0 bridgehead atoms. The van der Waals surface area contributed by atoms with Crippen molar-refractivity contribution in [2.24, 2.45) is 5.41 Å². The molecule has 1 rings (SSSR count). The lowest BCUT2D eigenvalue weighted by molar-refractivity contribution is -0.127. The van der Waals surface area contributed by atoms with Gasteiger partial charge >= 0.3 is 0 Å². The summed E-state index contributed by atoms with van der Waals surface area (Å²) in [5.41, 5.74) is -0.269. The summed E-state index contributed by atoms with van der Waals surface area (Å²) in [7, 11) is 0. The fourth-order valence-electron chi connectivity index (χ4n) is 2.34. The van der Waals surface area contributed by atoms with Crippen LogP contribution in [-0.2, 0) is 4.79 Å². The second-order valence-electron chi connectivity index (χ2n) is 5.75. The van der Waals surface area contributed by atoms with E-state index in [0.29, 0.717) is 13.1 Å². The summed E-state index contributed by atoms with van der Waals surface area (Å²) >= 11 is 0. The molecule has 1 unspecified atom stereocenters. The Hall–Kier alpha value is -1.12. The van der Waals surface area contributed by atoms with E-state index in [1.165, 1.54) is 0 Å². The van der Waals surface area contributed by atoms with Crippen LogP contribution >= 0.6 is 0 Å². The summed E-state index contributed by atoms with van der Waals surface area (Å²) in [6.07, 6.45) is 1.83. The van der Waals surface area contributed by atoms with Gasteiger partial charge < -0.3 is 10.6 Å². The molecule has 0 aliphatic carbocycles. The number of amides is 1. The van der Waals surface area contributed by atoms with E-state index in [4.69, 9.17) is 5.26 Å². The topological polar surface area (TPSA) is 68.2 Å². The Morgan fingerprint density at radius 1 is 1.58 bits per heavy atom. The predicted octanol–water partition coefficient (Wildman–Crippen LogP) is 0.726. The first kappa shape index (κ1) is 15.9. The Morgan fingerprint density at radius 3 is 2.95 bits per heavy atom. The van der Waals surface area contributed by atoms with Gasteiger partial charge in [-0.05, 0) is 40.2 Å². The third kappa shape index (κ3) is 5.17. The van der Waals surface area contributed by atoms with Crippen LogP contribution < -0.4 is 10.6 Å². The van der Waals surface area contributed by atoms with Crippen molar-refractivity contribution in [2.75, 3.05) is 32.7 Å². The predicted molar refractivity (Wildman–Crippen MR) is 75.5 cm³/mol. The van der Waals surface area contributed by atoms with Crippen molar-refractivity contribution in [3.63, 3.8) is 0 Å². The Labute approximate surface area is 116 Å². The summed E-state index contributed by atoms with van der Waals surface area (Å²) in [4.78, 5) is 14.2. The molecule has 0 aromatic heterocycles. The molecule has 1 saturated heterocycles. The minimum Gasteiger partial charge on any atom is -0.355 e. The molecule has 0 aromatic rings. The summed E-state index contributed by atoms with van der Waals surface area (Å²) in [5.74, 6) is 0.106. The molecule has 1 atom stereocenters. The molecule has 0 aromatic carbocycles. The number of hydrogen-bond donors (Lipinski definition) is 2. The average molecular weight is 266 g/mol. The molecule has 1 amide bonds. The molecule has 2 N–H and O–H groups in total. The maximum absolute atomic E-state index is 12.0. The van der Waals surface area contributed by atoms with Crippen LogP contribution in [0.3, 0.4) is 0 Å². The minimum absolute atomic E-state index is 0.0705. The molecule has 0 spiro atoms. The highest BCUT2D eigenvalue weighted by Crippen LogP contribution is 2.21. The quantitative estimate of drug-likeness (QED) is 0.743. The van der Waals surface area contributed by atoms with E-state index in [0.717, 1.165) is 32.5 Å². The molecule has 1 aliphatic heterocycles. The Morgan fingerprint density at radius 2 is 2.32 bits per heavy atom. The van der Waals surface area contributed by atoms with Gasteiger partial charge in [-0.3, -0.25) is 9.69 Å². The van der Waals surface area contributed by atoms with Gasteiger partial charge in [-0.25, -0.2) is 0 Å². The molecule has 1 heterocycles. The molecule has 0 saturated carbocycles. The summed E-state index contributed by atoms with van der Waals surface area (Å²) < 4.78 is 0. The summed E-state index contributed by atoms with van der Waals surface area (Å²) in [6.45, 7) is 9.96. The van der Waals surface area contributed by atoms with Crippen LogP contribution in [0.15, 0.2) is 0 Å². The van der Waals surface area contributed by atoms with Gasteiger partial charge in [-0.1, -0.05) is 0 Å². The smallest absolute Gasteiger partial charge is 0.238 e. The van der Waals surface area contributed by atoms with Crippen LogP contribution in [0, 0.1) is 16.7 Å². The molecule has 1 fully saturated rings. The lowest BCUT2D eigenvalue weighted by Crippen LogP contribution is -2.58. The van der Waals surface area contributed by atoms with E-state index in [9.17, 15) is 4.79 Å². The lowest BCUT2D eigenvalue weighted by Gasteiger charge is -2.35. The fraction of sp³-hybridized carbons (Fsp3) is 0.857. The van der Waals surface area contributed by atoms with Crippen molar-refractivity contribution in [3.05, 3.63) is 0 Å². The van der Waals surface area contributed by atoms with E-state index < -0.39 is 0 Å². The lowest BCUT2D eigenvalue weighted by atomic mass is 9.89. The fourth-order valence-corrected chi connectivity index (χ4v) is 2.34. The standard InChI is InChI=1S/C14H26N4O/c1-4-17-13(19)12-10-16-7-9-18(12)8-5-6-14(2,3)11-15/h12,16H,4-10H2,1-3H3,(H,17,19). The van der Waals surface area contributed by atoms with E-state index in [1.807, 2.05) is 20.8 Å². The van der Waals surface area contributed by atoms with Gasteiger partial charge in [0, 0.05) is 26.2 Å². The van der Waals surface area contributed by atoms with Gasteiger partial charge in [0.05, 0.1) is 11.5 Å². The number of rotatable bonds is 6. The van der Waals surface area contributed by atoms with Gasteiger partial charge in [-0.15, -0.1) is 0 Å². The van der Waals surface area contributed by atoms with Crippen LogP contribution in [0.5, 0.6) is 0 Å². The highest BCUT2D eigenvalue weighted by molar-refractivity contribution is 5.82. The monoisotopic (exact) mass is 266 g/mol. The summed E-state index contributed by atoms with van der Waals surface area (Å²) in [6, 6.07) is 2.25. The first-order valence-electron chi connectivity index (χ1n) is 7.14. The van der Waals surface area contributed by atoms with E-state index in [-0.39, 0.29) is 17.4 Å². The van der Waals surface area contributed by atoms with Crippen molar-refractivity contribution in [2.45, 2.75) is 39.7 Å². The number of likely N-dealkylation sites (N-methyl/N-ethyl adjacent to an activating group) is 1. The second-order valence-corrected chi connectivity index (χ2v) is 5.75. The van der Waals surface area contributed by atoms with Crippen LogP contribution in [0.4, 0.5) is 0 Å². The van der Waals surface area contributed by atoms with E-state index >= 15 is 0 Å². The number of nitrogens with one attached hydrogen (secondary N) is 2. The normalized spacial score (nSPS) is 20.8. The molecule has 1 aliphatic rings. The maximum atomic E-state index is 12.0. The van der Waals surface area contributed by atoms with Gasteiger partial charge in [0.15, 0.2) is 0 Å². The van der Waals surface area contributed by atoms with E-state index in [1.54, 1.807) is 0 Å². The SMILES string of the molecule is CCNC(=O)C1CNCCN1CCCC(C)(C)C#N. The zero-order chi connectivity index (χ0) is 14.3. The molecule has 5 heteroatoms. The van der Waals surface area contributed by atoms with Crippen LogP contribution in [0.25, 0.3) is 0 Å². The number of piperazine rings is 1. The molecular weight excluding hydrogens is 240 g/mol. The largest absolute Gasteiger partial charge is 0.355 e. The van der Waals surface area contributed by atoms with Gasteiger partial charge in [0.2, 0.25) is 5.91 Å². The van der Waals surface area contributed by atoms with E-state index in [2.05, 4.69) is 21.6 Å². The molecule has 19 heavy (non-hydrogen) atoms. The Bertz CT molecular complexity index is 335. The molecule has 108 valence electrons. The number of carbonyl (C=O) groups is 1. The van der Waals surface area contributed by atoms with Crippen LogP contribution in [0.1, 0.15) is 33.6 Å². The molecule has 5 nitrogen and oxygen atoms in total. The van der Waals surface area contributed by atoms with Crippen molar-refractivity contribution in [3.8, 4) is 6.07 Å². The number of hydrogen-bond acceptors (Lipinski definition) is 4. The van der Waals surface area contributed by atoms with Crippen molar-refractivity contribution in [1.29, 1.82) is 5.26 Å². The Kier molecular flexibility index (Phi) is 6.26. The summed E-state index contributed by atoms with van der Waals surface area (Å²) in [5, 5.41) is 15.2. The first-order chi connectivity index (χ1) is 9.00. The second kappa shape index (κ2) is 7.46. The van der Waals surface area contributed by atoms with Gasteiger partial charge in [0.25, 0.3) is 0 Å². The number of nitriles is 1. The maximum Gasteiger partial charge on any atom is 0.238 e. The van der Waals surface area contributed by atoms with Crippen molar-refractivity contribution >= 4 is 5.91 Å². The third-order valence-corrected chi connectivity index (χ3v) is 3.56. The van der Waals surface area contributed by atoms with Crippen LogP contribution in [0.2, 0.25) is 0 Å². The highest BCUT2D eigenvalue weighted by atomic mass is 16.2. The number of carbonyl (C=O) groups excluding carboxylic acids is 1. The number of nitrogens with zero attached hydrogens (tertiary/aromatic N) is 2. The zero-order valence-electron chi connectivity index (χ0n) is 12.3. The molecular formula is C14H26N4O. The Balaban J connectivity index is 2.45. The van der Waals surface area contributed by atoms with Gasteiger partial charge in [0.1, 0.15) is 6.04 Å². The van der Waals surface area contributed by atoms with Gasteiger partial charge in [-0.2, -0.15) is 5.26 Å². The molecule has 0 radical (unpaired) electrons. The average Bonchev–Trinajstić information content (AvgIpc) is 2.39.